The molecule has 0 bridgehead atoms. The normalized spacial score (nSPS) is 11.7. The minimum atomic E-state index is -0.907. The van der Waals surface area contributed by atoms with Crippen LogP contribution >= 0.6 is 0 Å². The summed E-state index contributed by atoms with van der Waals surface area (Å²) in [5.74, 6) is -1.39. The molecular weight excluding hydrogens is 799 g/mol. The Bertz CT molecular complexity index is 1390. The number of hydrogen-bond acceptors (Lipinski definition) is 9. The van der Waals surface area contributed by atoms with Gasteiger partial charge in [-0.25, -0.2) is 28.1 Å². The molecule has 0 fully saturated rings. The van der Waals surface area contributed by atoms with Gasteiger partial charge < -0.3 is 14.2 Å². The van der Waals surface area contributed by atoms with Gasteiger partial charge in [0.1, 0.15) is 19.8 Å². The van der Waals surface area contributed by atoms with Crippen LogP contribution in [-0.2, 0) is 48.2 Å². The second kappa shape index (κ2) is 40.8. The Labute approximate surface area is 379 Å². The number of ether oxygens (including phenoxy) is 3. The van der Waals surface area contributed by atoms with Gasteiger partial charge in [0.25, 0.3) is 0 Å². The lowest BCUT2D eigenvalue weighted by molar-refractivity contribution is -0.144. The highest BCUT2D eigenvalue weighted by atomic mass is 16.5. The van der Waals surface area contributed by atoms with Gasteiger partial charge in [-0.05, 0) is 57.8 Å². The molecule has 0 N–H and O–H groups in total. The molecule has 0 atom stereocenters. The van der Waals surface area contributed by atoms with Crippen LogP contribution in [-0.4, -0.2) is 51.4 Å². The molecule has 12 nitrogen and oxygen atoms in total. The zero-order valence-corrected chi connectivity index (χ0v) is 39.9. The Balaban J connectivity index is 2.74. The maximum absolute atomic E-state index is 13.5. The highest BCUT2D eigenvalue weighted by Gasteiger charge is 2.17. The number of allylic oxidation sites excluding steroid dienone is 6. The van der Waals surface area contributed by atoms with E-state index >= 15 is 0 Å². The van der Waals surface area contributed by atoms with Crippen LogP contribution in [0.5, 0.6) is 0 Å². The van der Waals surface area contributed by atoms with Crippen molar-refractivity contribution in [3.63, 3.8) is 0 Å². The fraction of sp³-hybridized carbons (Fsp3) is 0.765. The first-order chi connectivity index (χ1) is 30.8. The Kier molecular flexibility index (Phi) is 36.9. The second-order valence-corrected chi connectivity index (χ2v) is 16.7. The molecule has 63 heavy (non-hydrogen) atoms. The van der Waals surface area contributed by atoms with Gasteiger partial charge in [-0.1, -0.05) is 173 Å². The van der Waals surface area contributed by atoms with Crippen molar-refractivity contribution in [3.8, 4) is 0 Å². The predicted octanol–water partition coefficient (Wildman–Crippen LogP) is 11.2. The van der Waals surface area contributed by atoms with Crippen LogP contribution in [0.4, 0.5) is 0 Å². The number of carbonyl (C=O) groups is 3. The lowest BCUT2D eigenvalue weighted by atomic mass is 10.1. The zero-order valence-electron chi connectivity index (χ0n) is 39.9. The molecular formula is C51H87N3O9. The zero-order chi connectivity index (χ0) is 46.0. The number of hydrogen-bond donors (Lipinski definition) is 0. The van der Waals surface area contributed by atoms with Crippen molar-refractivity contribution in [2.75, 3.05) is 19.8 Å². The van der Waals surface area contributed by atoms with Crippen molar-refractivity contribution in [1.82, 2.24) is 13.7 Å². The summed E-state index contributed by atoms with van der Waals surface area (Å²) < 4.78 is 18.5. The minimum Gasteiger partial charge on any atom is -0.464 e. The van der Waals surface area contributed by atoms with Crippen LogP contribution < -0.4 is 17.1 Å². The third-order valence-electron chi connectivity index (χ3n) is 11.1. The molecule has 0 aliphatic heterocycles. The van der Waals surface area contributed by atoms with Crippen molar-refractivity contribution < 1.29 is 28.6 Å². The van der Waals surface area contributed by atoms with Gasteiger partial charge in [0.05, 0.1) is 19.6 Å². The number of carbonyl (C=O) groups excluding carboxylic acids is 3. The van der Waals surface area contributed by atoms with Crippen LogP contribution in [0.3, 0.4) is 0 Å². The lowest BCUT2D eigenvalue weighted by Crippen LogP contribution is -2.55. The summed E-state index contributed by atoms with van der Waals surface area (Å²) in [5, 5.41) is 0. The highest BCUT2D eigenvalue weighted by Crippen LogP contribution is 2.11. The van der Waals surface area contributed by atoms with Crippen molar-refractivity contribution in [1.29, 1.82) is 0 Å². The third-order valence-corrected chi connectivity index (χ3v) is 11.1. The summed E-state index contributed by atoms with van der Waals surface area (Å²) in [4.78, 5) is 77.8. The first-order valence-corrected chi connectivity index (χ1v) is 25.1. The summed E-state index contributed by atoms with van der Waals surface area (Å²) in [5.41, 5.74) is -2.72. The monoisotopic (exact) mass is 886 g/mol. The molecule has 0 radical (unpaired) electrons. The maximum atomic E-state index is 13.5. The molecule has 1 aromatic heterocycles. The standard InChI is InChI=1S/C51H87N3O9/c1-4-7-10-13-16-19-22-25-28-31-34-37-46(55)61-43-40-52-49(58)53(41-44-62-47(56)38-35-32-29-26-23-20-17-14-11-8-5-2)51(60)54(50(52)59)42-45-63-48(57)39-36-33-30-27-24-21-18-15-12-9-6-3/h28-33H,4-27,34-45H2,1-3H3/b31-28+,32-29+,33-30+. The van der Waals surface area contributed by atoms with E-state index in [2.05, 4.69) is 39.0 Å². The van der Waals surface area contributed by atoms with E-state index in [4.69, 9.17) is 14.2 Å². The van der Waals surface area contributed by atoms with E-state index in [-0.39, 0.29) is 58.7 Å². The lowest BCUT2D eigenvalue weighted by Gasteiger charge is -2.14. The van der Waals surface area contributed by atoms with Crippen molar-refractivity contribution in [3.05, 3.63) is 67.9 Å². The Morgan fingerprint density at radius 3 is 0.825 bits per heavy atom. The van der Waals surface area contributed by atoms with Gasteiger partial charge in [0, 0.05) is 19.3 Å². The maximum Gasteiger partial charge on any atom is 0.336 e. The summed E-state index contributed by atoms with van der Waals surface area (Å²) in [6, 6.07) is 0. The molecule has 0 saturated heterocycles. The fourth-order valence-corrected chi connectivity index (χ4v) is 7.19. The van der Waals surface area contributed by atoms with Gasteiger partial charge in [-0.3, -0.25) is 14.4 Å². The molecule has 0 spiro atoms. The van der Waals surface area contributed by atoms with Gasteiger partial charge in [-0.2, -0.15) is 0 Å². The van der Waals surface area contributed by atoms with Gasteiger partial charge >= 0.3 is 35.0 Å². The van der Waals surface area contributed by atoms with Crippen molar-refractivity contribution >= 4 is 17.9 Å². The van der Waals surface area contributed by atoms with Crippen LogP contribution in [0.1, 0.15) is 213 Å². The Morgan fingerprint density at radius 1 is 0.349 bits per heavy atom. The topological polar surface area (TPSA) is 145 Å². The summed E-state index contributed by atoms with van der Waals surface area (Å²) in [7, 11) is 0. The van der Waals surface area contributed by atoms with Gasteiger partial charge in [-0.15, -0.1) is 0 Å². The molecule has 360 valence electrons. The largest absolute Gasteiger partial charge is 0.464 e. The predicted molar refractivity (Wildman–Crippen MR) is 255 cm³/mol. The van der Waals surface area contributed by atoms with Crippen molar-refractivity contribution in [2.45, 2.75) is 233 Å². The molecule has 0 unspecified atom stereocenters. The van der Waals surface area contributed by atoms with E-state index < -0.39 is 35.0 Å². The fourth-order valence-electron chi connectivity index (χ4n) is 7.19. The molecule has 0 aliphatic carbocycles. The van der Waals surface area contributed by atoms with E-state index in [1.54, 1.807) is 0 Å². The average molecular weight is 886 g/mol. The Morgan fingerprint density at radius 2 is 0.571 bits per heavy atom. The molecule has 1 aromatic rings. The van der Waals surface area contributed by atoms with Gasteiger partial charge in [0.15, 0.2) is 0 Å². The van der Waals surface area contributed by atoms with Gasteiger partial charge in [0.2, 0.25) is 0 Å². The highest BCUT2D eigenvalue weighted by molar-refractivity contribution is 5.70. The van der Waals surface area contributed by atoms with E-state index in [0.29, 0.717) is 19.3 Å². The molecule has 1 rings (SSSR count). The average Bonchev–Trinajstić information content (AvgIpc) is 3.27. The van der Waals surface area contributed by atoms with E-state index in [1.165, 1.54) is 116 Å². The van der Waals surface area contributed by atoms with Crippen LogP contribution in [0.15, 0.2) is 50.8 Å². The molecule has 0 aromatic carbocycles. The molecule has 1 heterocycles. The second-order valence-electron chi connectivity index (χ2n) is 16.7. The number of unbranched alkanes of at least 4 members (excludes halogenated alkanes) is 21. The summed E-state index contributed by atoms with van der Waals surface area (Å²) in [6.07, 6.45) is 43.3. The molecule has 0 aliphatic rings. The van der Waals surface area contributed by atoms with E-state index in [1.807, 2.05) is 18.2 Å². The summed E-state index contributed by atoms with van der Waals surface area (Å²) >= 11 is 0. The summed E-state index contributed by atoms with van der Waals surface area (Å²) in [6.45, 7) is 5.03. The number of nitrogens with zero attached hydrogens (tertiary/aromatic N) is 3. The van der Waals surface area contributed by atoms with E-state index in [9.17, 15) is 28.8 Å². The van der Waals surface area contributed by atoms with Crippen molar-refractivity contribution in [2.24, 2.45) is 0 Å². The molecule has 0 saturated carbocycles. The smallest absolute Gasteiger partial charge is 0.336 e. The SMILES string of the molecule is CCCCCCCCC/C=C/CCC(=O)OCCn1c(=O)n(CCOC(=O)CC/C=C/CCCCCCCCC)c(=O)n(CCOC(=O)CC/C=C/CCCCCCCCC)c1=O. The quantitative estimate of drug-likeness (QED) is 0.0271. The minimum absolute atomic E-state index is 0.160. The van der Waals surface area contributed by atoms with Crippen LogP contribution in [0, 0.1) is 0 Å². The Hall–Kier alpha value is -3.96. The van der Waals surface area contributed by atoms with Crippen LogP contribution in [0.25, 0.3) is 0 Å². The third kappa shape index (κ3) is 30.7. The first kappa shape index (κ1) is 57.1. The number of aromatic nitrogens is 3. The number of rotatable bonds is 42. The van der Waals surface area contributed by atoms with E-state index in [0.717, 1.165) is 52.2 Å². The number of esters is 3. The molecule has 0 amide bonds. The molecule has 12 heteroatoms. The first-order valence-electron chi connectivity index (χ1n) is 25.1. The van der Waals surface area contributed by atoms with Crippen LogP contribution in [0.2, 0.25) is 0 Å².